The topological polar surface area (TPSA) is 72.8 Å². The summed E-state index contributed by atoms with van der Waals surface area (Å²) < 4.78 is 10.2. The van der Waals surface area contributed by atoms with Gasteiger partial charge in [0.1, 0.15) is 6.10 Å². The Bertz CT molecular complexity index is 295. The number of aliphatic hydroxyl groups excluding tert-OH is 1. The molecule has 1 N–H and O–H groups in total. The molecule has 0 aromatic carbocycles. The van der Waals surface area contributed by atoms with Crippen molar-refractivity contribution in [3.05, 3.63) is 0 Å². The van der Waals surface area contributed by atoms with Crippen molar-refractivity contribution in [1.82, 2.24) is 0 Å². The van der Waals surface area contributed by atoms with Gasteiger partial charge in [-0.25, -0.2) is 0 Å². The van der Waals surface area contributed by atoms with Crippen molar-refractivity contribution in [1.29, 1.82) is 0 Å². The summed E-state index contributed by atoms with van der Waals surface area (Å²) >= 11 is 6.07. The van der Waals surface area contributed by atoms with E-state index in [-0.39, 0.29) is 42.6 Å². The Hall–Kier alpha value is -0.810. The molecule has 20 heavy (non-hydrogen) atoms. The van der Waals surface area contributed by atoms with E-state index in [0.29, 0.717) is 19.3 Å². The molecule has 0 aromatic heterocycles. The molecular weight excluding hydrogens is 284 g/mol. The second-order valence-corrected chi connectivity index (χ2v) is 5.47. The summed E-state index contributed by atoms with van der Waals surface area (Å²) in [5.74, 6) is -1.10. The smallest absolute Gasteiger partial charge is 0.308 e. The fourth-order valence-electron chi connectivity index (χ4n) is 1.75. The van der Waals surface area contributed by atoms with Crippen LogP contribution in [0.5, 0.6) is 0 Å². The van der Waals surface area contributed by atoms with Crippen molar-refractivity contribution in [2.75, 3.05) is 13.2 Å². The van der Waals surface area contributed by atoms with Crippen LogP contribution < -0.4 is 0 Å². The number of hydrogen-bond acceptors (Lipinski definition) is 5. The number of rotatable bonds is 10. The molecule has 0 aliphatic heterocycles. The van der Waals surface area contributed by atoms with Crippen LogP contribution in [-0.4, -0.2) is 41.7 Å². The van der Waals surface area contributed by atoms with Crippen LogP contribution in [0.3, 0.4) is 0 Å². The highest BCUT2D eigenvalue weighted by Crippen LogP contribution is 2.19. The zero-order valence-electron chi connectivity index (χ0n) is 12.4. The standard InChI is InChI=1S/C14H25ClO5/c1-4-12(15)9-13(20-11(3)17)8-10(2)14(18)19-7-5-6-16/h10,12-13,16H,4-9H2,1-3H3. The van der Waals surface area contributed by atoms with Gasteiger partial charge in [0.15, 0.2) is 0 Å². The second kappa shape index (κ2) is 10.9. The van der Waals surface area contributed by atoms with Gasteiger partial charge < -0.3 is 14.6 Å². The summed E-state index contributed by atoms with van der Waals surface area (Å²) in [6.07, 6.45) is 1.72. The molecule has 0 saturated carbocycles. The molecule has 5 nitrogen and oxygen atoms in total. The molecular formula is C14H25ClO5. The van der Waals surface area contributed by atoms with Gasteiger partial charge in [0.2, 0.25) is 0 Å². The lowest BCUT2D eigenvalue weighted by Crippen LogP contribution is -2.26. The van der Waals surface area contributed by atoms with Crippen molar-refractivity contribution >= 4 is 23.5 Å². The third-order valence-electron chi connectivity index (χ3n) is 2.86. The van der Waals surface area contributed by atoms with Crippen LogP contribution in [-0.2, 0) is 19.1 Å². The summed E-state index contributed by atoms with van der Waals surface area (Å²) in [5.41, 5.74) is 0. The zero-order valence-corrected chi connectivity index (χ0v) is 13.2. The highest BCUT2D eigenvalue weighted by atomic mass is 35.5. The molecule has 0 amide bonds. The normalized spacial score (nSPS) is 15.2. The molecule has 0 aliphatic rings. The lowest BCUT2D eigenvalue weighted by molar-refractivity contribution is -0.154. The molecule has 0 rings (SSSR count). The van der Waals surface area contributed by atoms with Gasteiger partial charge in [-0.3, -0.25) is 9.59 Å². The van der Waals surface area contributed by atoms with Crippen molar-refractivity contribution < 1.29 is 24.2 Å². The molecule has 0 saturated heterocycles. The Morgan fingerprint density at radius 3 is 2.45 bits per heavy atom. The summed E-state index contributed by atoms with van der Waals surface area (Å²) in [4.78, 5) is 22.8. The largest absolute Gasteiger partial charge is 0.465 e. The first kappa shape index (κ1) is 19.2. The Morgan fingerprint density at radius 2 is 1.95 bits per heavy atom. The van der Waals surface area contributed by atoms with Crippen LogP contribution in [0, 0.1) is 5.92 Å². The number of ether oxygens (including phenoxy) is 2. The van der Waals surface area contributed by atoms with Crippen molar-refractivity contribution in [2.24, 2.45) is 5.92 Å². The highest BCUT2D eigenvalue weighted by molar-refractivity contribution is 6.20. The minimum Gasteiger partial charge on any atom is -0.465 e. The van der Waals surface area contributed by atoms with E-state index in [4.69, 9.17) is 26.2 Å². The van der Waals surface area contributed by atoms with Crippen LogP contribution >= 0.6 is 11.6 Å². The molecule has 0 aliphatic carbocycles. The number of esters is 2. The maximum absolute atomic E-state index is 11.7. The Morgan fingerprint density at radius 1 is 1.30 bits per heavy atom. The first-order chi connectivity index (χ1) is 9.40. The zero-order chi connectivity index (χ0) is 15.5. The summed E-state index contributed by atoms with van der Waals surface area (Å²) in [5, 5.41) is 8.54. The van der Waals surface area contributed by atoms with Crippen molar-refractivity contribution in [2.45, 2.75) is 57.9 Å². The van der Waals surface area contributed by atoms with Crippen LogP contribution in [0.2, 0.25) is 0 Å². The summed E-state index contributed by atoms with van der Waals surface area (Å²) in [7, 11) is 0. The third kappa shape index (κ3) is 9.15. The Balaban J connectivity index is 4.31. The first-order valence-corrected chi connectivity index (χ1v) is 7.43. The van der Waals surface area contributed by atoms with Crippen LogP contribution in [0.1, 0.15) is 46.5 Å². The Labute approximate surface area is 125 Å². The number of carbonyl (C=O) groups is 2. The molecule has 0 spiro atoms. The van der Waals surface area contributed by atoms with E-state index < -0.39 is 0 Å². The van der Waals surface area contributed by atoms with Gasteiger partial charge in [0.25, 0.3) is 0 Å². The lowest BCUT2D eigenvalue weighted by Gasteiger charge is -2.22. The quantitative estimate of drug-likeness (QED) is 0.381. The van der Waals surface area contributed by atoms with Crippen LogP contribution in [0.25, 0.3) is 0 Å². The molecule has 0 bridgehead atoms. The van der Waals surface area contributed by atoms with Gasteiger partial charge in [-0.05, 0) is 12.8 Å². The summed E-state index contributed by atoms with van der Waals surface area (Å²) in [6.45, 7) is 5.21. The fourth-order valence-corrected chi connectivity index (χ4v) is 1.95. The molecule has 0 aromatic rings. The monoisotopic (exact) mass is 308 g/mol. The first-order valence-electron chi connectivity index (χ1n) is 6.99. The molecule has 0 heterocycles. The van der Waals surface area contributed by atoms with Crippen LogP contribution in [0.4, 0.5) is 0 Å². The van der Waals surface area contributed by atoms with Gasteiger partial charge in [-0.2, -0.15) is 0 Å². The predicted octanol–water partition coefficient (Wildman–Crippen LogP) is 2.28. The van der Waals surface area contributed by atoms with E-state index in [0.717, 1.165) is 6.42 Å². The number of halogens is 1. The number of aliphatic hydroxyl groups is 1. The lowest BCUT2D eigenvalue weighted by atomic mass is 9.99. The van der Waals surface area contributed by atoms with E-state index in [1.807, 2.05) is 6.92 Å². The second-order valence-electron chi connectivity index (χ2n) is 4.85. The average Bonchev–Trinajstić information content (AvgIpc) is 2.37. The van der Waals surface area contributed by atoms with E-state index in [1.54, 1.807) is 6.92 Å². The molecule has 0 fully saturated rings. The minimum atomic E-state index is -0.379. The third-order valence-corrected chi connectivity index (χ3v) is 3.35. The van der Waals surface area contributed by atoms with E-state index in [9.17, 15) is 9.59 Å². The number of carbonyl (C=O) groups excluding carboxylic acids is 2. The Kier molecular flexibility index (Phi) is 10.5. The molecule has 0 radical (unpaired) electrons. The SMILES string of the molecule is CCC(Cl)CC(CC(C)C(=O)OCCCO)OC(C)=O. The van der Waals surface area contributed by atoms with Crippen LogP contribution in [0.15, 0.2) is 0 Å². The minimum absolute atomic E-state index is 0.0117. The highest BCUT2D eigenvalue weighted by Gasteiger charge is 2.24. The molecule has 3 unspecified atom stereocenters. The number of alkyl halides is 1. The van der Waals surface area contributed by atoms with Gasteiger partial charge in [-0.1, -0.05) is 13.8 Å². The fraction of sp³-hybridized carbons (Fsp3) is 0.857. The molecule has 6 heteroatoms. The molecule has 3 atom stereocenters. The van der Waals surface area contributed by atoms with Gasteiger partial charge in [0, 0.05) is 31.7 Å². The maximum Gasteiger partial charge on any atom is 0.308 e. The van der Waals surface area contributed by atoms with Crippen molar-refractivity contribution in [3.63, 3.8) is 0 Å². The molecule has 118 valence electrons. The van der Waals surface area contributed by atoms with E-state index in [1.165, 1.54) is 6.92 Å². The summed E-state index contributed by atoms with van der Waals surface area (Å²) in [6, 6.07) is 0. The van der Waals surface area contributed by atoms with E-state index >= 15 is 0 Å². The average molecular weight is 309 g/mol. The van der Waals surface area contributed by atoms with E-state index in [2.05, 4.69) is 0 Å². The van der Waals surface area contributed by atoms with Crippen molar-refractivity contribution in [3.8, 4) is 0 Å². The van der Waals surface area contributed by atoms with Gasteiger partial charge >= 0.3 is 11.9 Å². The predicted molar refractivity (Wildman–Crippen MR) is 76.5 cm³/mol. The maximum atomic E-state index is 11.7. The van der Waals surface area contributed by atoms with Gasteiger partial charge in [-0.15, -0.1) is 11.6 Å². The van der Waals surface area contributed by atoms with Gasteiger partial charge in [0.05, 0.1) is 12.5 Å². The number of hydrogen-bond donors (Lipinski definition) is 1.